The van der Waals surface area contributed by atoms with Gasteiger partial charge in [-0.05, 0) is 24.4 Å². The van der Waals surface area contributed by atoms with Gasteiger partial charge in [-0.25, -0.2) is 4.99 Å². The minimum atomic E-state index is -0.449. The summed E-state index contributed by atoms with van der Waals surface area (Å²) in [6, 6.07) is 5.24. The lowest BCUT2D eigenvalue weighted by Crippen LogP contribution is -2.49. The molecule has 84 valence electrons. The zero-order valence-electron chi connectivity index (χ0n) is 8.00. The van der Waals surface area contributed by atoms with Crippen molar-refractivity contribution >= 4 is 46.5 Å². The molecule has 16 heavy (non-hydrogen) atoms. The van der Waals surface area contributed by atoms with Crippen LogP contribution in [0.3, 0.4) is 0 Å². The molecule has 0 aliphatic carbocycles. The molecule has 1 aliphatic rings. The molecular formula is C9H8Cl2N4S. The number of hydrogen-bond acceptors (Lipinski definition) is 3. The molecule has 1 heterocycles. The average Bonchev–Trinajstić information content (AvgIpc) is 2.15. The fourth-order valence-electron chi connectivity index (χ4n) is 1.39. The third kappa shape index (κ3) is 2.21. The summed E-state index contributed by atoms with van der Waals surface area (Å²) >= 11 is 17.1. The number of nitrogens with zero attached hydrogens (tertiary/aromatic N) is 1. The fraction of sp³-hybridized carbons (Fsp3) is 0.111. The van der Waals surface area contributed by atoms with Crippen LogP contribution in [0.15, 0.2) is 23.2 Å². The molecule has 7 heteroatoms. The number of nitrogens with two attached hydrogens (primary N) is 1. The molecular weight excluding hydrogens is 267 g/mol. The number of guanidine groups is 1. The predicted molar refractivity (Wildman–Crippen MR) is 69.7 cm³/mol. The van der Waals surface area contributed by atoms with Gasteiger partial charge in [0.25, 0.3) is 0 Å². The van der Waals surface area contributed by atoms with Gasteiger partial charge < -0.3 is 16.4 Å². The normalized spacial score (nSPS) is 19.8. The maximum atomic E-state index is 6.06. The van der Waals surface area contributed by atoms with Gasteiger partial charge >= 0.3 is 0 Å². The zero-order valence-corrected chi connectivity index (χ0v) is 10.3. The summed E-state index contributed by atoms with van der Waals surface area (Å²) in [4.78, 5) is 4.14. The molecule has 0 fully saturated rings. The molecule has 2 rings (SSSR count). The summed E-state index contributed by atoms with van der Waals surface area (Å²) in [5, 5.41) is 7.04. The summed E-state index contributed by atoms with van der Waals surface area (Å²) < 4.78 is 0. The van der Waals surface area contributed by atoms with Gasteiger partial charge in [0.05, 0.1) is 0 Å². The van der Waals surface area contributed by atoms with E-state index in [1.165, 1.54) is 0 Å². The molecule has 0 spiro atoms. The molecule has 1 aliphatic heterocycles. The second-order valence-corrected chi connectivity index (χ2v) is 4.37. The van der Waals surface area contributed by atoms with Crippen LogP contribution in [-0.2, 0) is 0 Å². The van der Waals surface area contributed by atoms with Gasteiger partial charge in [-0.15, -0.1) is 0 Å². The van der Waals surface area contributed by atoms with Crippen molar-refractivity contribution in [2.45, 2.75) is 6.17 Å². The Labute approximate surface area is 108 Å². The van der Waals surface area contributed by atoms with Crippen LogP contribution in [0.4, 0.5) is 0 Å². The van der Waals surface area contributed by atoms with Gasteiger partial charge in [-0.1, -0.05) is 29.3 Å². The topological polar surface area (TPSA) is 62.4 Å². The summed E-state index contributed by atoms with van der Waals surface area (Å²) in [7, 11) is 0. The van der Waals surface area contributed by atoms with Crippen LogP contribution in [0.2, 0.25) is 10.0 Å². The number of aliphatic imine (C=N–C) groups is 1. The Morgan fingerprint density at radius 3 is 2.50 bits per heavy atom. The molecule has 0 radical (unpaired) electrons. The first-order chi connectivity index (χ1) is 7.58. The Morgan fingerprint density at radius 2 is 1.94 bits per heavy atom. The van der Waals surface area contributed by atoms with Gasteiger partial charge in [0, 0.05) is 15.6 Å². The molecule has 0 saturated heterocycles. The number of thiocarbonyl (C=S) groups is 1. The smallest absolute Gasteiger partial charge is 0.197 e. The third-order valence-electron chi connectivity index (χ3n) is 2.05. The quantitative estimate of drug-likeness (QED) is 0.684. The number of benzene rings is 1. The standard InChI is InChI=1S/C9H8Cl2N4S/c10-4-2-1-3-5(11)6(4)7-13-8(12)15-9(16)14-7/h1-3,7H,(H4,12,13,14,15,16). The van der Waals surface area contributed by atoms with Crippen LogP contribution in [0.5, 0.6) is 0 Å². The predicted octanol–water partition coefficient (Wildman–Crippen LogP) is 1.78. The second-order valence-electron chi connectivity index (χ2n) is 3.15. The highest BCUT2D eigenvalue weighted by atomic mass is 35.5. The lowest BCUT2D eigenvalue weighted by Gasteiger charge is -2.24. The van der Waals surface area contributed by atoms with Gasteiger partial charge in [-0.2, -0.15) is 0 Å². The van der Waals surface area contributed by atoms with Crippen molar-refractivity contribution in [3.63, 3.8) is 0 Å². The van der Waals surface area contributed by atoms with Crippen LogP contribution < -0.4 is 16.4 Å². The summed E-state index contributed by atoms with van der Waals surface area (Å²) in [6.45, 7) is 0. The fourth-order valence-corrected chi connectivity index (χ4v) is 2.21. The first-order valence-electron chi connectivity index (χ1n) is 4.42. The Bertz CT molecular complexity index is 454. The van der Waals surface area contributed by atoms with Crippen molar-refractivity contribution in [3.8, 4) is 0 Å². The number of rotatable bonds is 1. The van der Waals surface area contributed by atoms with Gasteiger partial charge in [-0.3, -0.25) is 0 Å². The van der Waals surface area contributed by atoms with E-state index in [9.17, 15) is 0 Å². The Hall–Kier alpha value is -1.04. The third-order valence-corrected chi connectivity index (χ3v) is 2.93. The van der Waals surface area contributed by atoms with Gasteiger partial charge in [0.2, 0.25) is 0 Å². The molecule has 0 bridgehead atoms. The summed E-state index contributed by atoms with van der Waals surface area (Å²) in [6.07, 6.45) is -0.449. The summed E-state index contributed by atoms with van der Waals surface area (Å²) in [5.74, 6) is 0.240. The van der Waals surface area contributed by atoms with Crippen molar-refractivity contribution in [2.24, 2.45) is 10.7 Å². The lowest BCUT2D eigenvalue weighted by atomic mass is 10.1. The minimum absolute atomic E-state index is 0.240. The Kier molecular flexibility index (Phi) is 3.18. The van der Waals surface area contributed by atoms with Crippen LogP contribution in [0.25, 0.3) is 0 Å². The highest BCUT2D eigenvalue weighted by Gasteiger charge is 2.21. The Balaban J connectivity index is 2.44. The molecule has 1 aromatic rings. The minimum Gasteiger partial charge on any atom is -0.370 e. The van der Waals surface area contributed by atoms with Crippen LogP contribution >= 0.6 is 35.4 Å². The molecule has 0 amide bonds. The van der Waals surface area contributed by atoms with Crippen LogP contribution in [-0.4, -0.2) is 11.1 Å². The second kappa shape index (κ2) is 4.45. The molecule has 4 N–H and O–H groups in total. The van der Waals surface area contributed by atoms with Crippen molar-refractivity contribution < 1.29 is 0 Å². The SMILES string of the molecule is NC1=NC(c2c(Cl)cccc2Cl)NC(=S)N1. The largest absolute Gasteiger partial charge is 0.370 e. The molecule has 4 nitrogen and oxygen atoms in total. The van der Waals surface area contributed by atoms with E-state index in [4.69, 9.17) is 41.2 Å². The van der Waals surface area contributed by atoms with Gasteiger partial charge in [0.1, 0.15) is 0 Å². The maximum absolute atomic E-state index is 6.06. The molecule has 0 saturated carbocycles. The molecule has 1 atom stereocenters. The van der Waals surface area contributed by atoms with Crippen LogP contribution in [0.1, 0.15) is 11.7 Å². The van der Waals surface area contributed by atoms with Gasteiger partial charge in [0.15, 0.2) is 17.2 Å². The molecule has 1 unspecified atom stereocenters. The highest BCUT2D eigenvalue weighted by molar-refractivity contribution is 7.80. The van der Waals surface area contributed by atoms with E-state index in [2.05, 4.69) is 15.6 Å². The van der Waals surface area contributed by atoms with E-state index < -0.39 is 6.17 Å². The van der Waals surface area contributed by atoms with E-state index in [1.54, 1.807) is 18.2 Å². The van der Waals surface area contributed by atoms with E-state index >= 15 is 0 Å². The Morgan fingerprint density at radius 1 is 1.31 bits per heavy atom. The van der Waals surface area contributed by atoms with E-state index in [0.717, 1.165) is 0 Å². The lowest BCUT2D eigenvalue weighted by molar-refractivity contribution is 0.660. The monoisotopic (exact) mass is 274 g/mol. The first-order valence-corrected chi connectivity index (χ1v) is 5.59. The average molecular weight is 275 g/mol. The van der Waals surface area contributed by atoms with Crippen LogP contribution in [0, 0.1) is 0 Å². The highest BCUT2D eigenvalue weighted by Crippen LogP contribution is 2.31. The zero-order chi connectivity index (χ0) is 11.7. The van der Waals surface area contributed by atoms with Crippen molar-refractivity contribution in [2.75, 3.05) is 0 Å². The molecule has 0 aromatic heterocycles. The number of hydrogen-bond donors (Lipinski definition) is 3. The summed E-state index contributed by atoms with van der Waals surface area (Å²) in [5.41, 5.74) is 6.24. The van der Waals surface area contributed by atoms with E-state index in [1.807, 2.05) is 0 Å². The number of halogens is 2. The van der Waals surface area contributed by atoms with Crippen molar-refractivity contribution in [3.05, 3.63) is 33.8 Å². The van der Waals surface area contributed by atoms with E-state index in [0.29, 0.717) is 20.7 Å². The van der Waals surface area contributed by atoms with E-state index in [-0.39, 0.29) is 5.96 Å². The first kappa shape index (κ1) is 11.4. The molecule has 1 aromatic carbocycles. The maximum Gasteiger partial charge on any atom is 0.197 e. The van der Waals surface area contributed by atoms with Crippen molar-refractivity contribution in [1.82, 2.24) is 10.6 Å². The number of nitrogens with one attached hydrogen (secondary N) is 2. The van der Waals surface area contributed by atoms with Crippen molar-refractivity contribution in [1.29, 1.82) is 0 Å².